The molecule has 0 saturated heterocycles. The van der Waals surface area contributed by atoms with E-state index in [1.807, 2.05) is 0 Å². The molecule has 0 amide bonds. The van der Waals surface area contributed by atoms with Gasteiger partial charge in [0.25, 0.3) is 0 Å². The summed E-state index contributed by atoms with van der Waals surface area (Å²) in [4.78, 5) is 5.04. The average molecular weight is 326 g/mol. The van der Waals surface area contributed by atoms with E-state index in [9.17, 15) is 0 Å². The van der Waals surface area contributed by atoms with E-state index >= 15 is 0 Å². The molecule has 4 rings (SSSR count). The van der Waals surface area contributed by atoms with E-state index in [-0.39, 0.29) is 12.1 Å². The summed E-state index contributed by atoms with van der Waals surface area (Å²) in [7, 11) is 0. The SMILES string of the molecule is Cc1ccc(CC2=N[C@@H](c3ccccc3)[C@@H](c3ccccc3)N2)cc1. The molecule has 0 aliphatic carbocycles. The Morgan fingerprint density at radius 3 is 2.00 bits per heavy atom. The van der Waals surface area contributed by atoms with Gasteiger partial charge >= 0.3 is 0 Å². The van der Waals surface area contributed by atoms with Crippen LogP contribution in [0.2, 0.25) is 0 Å². The van der Waals surface area contributed by atoms with Gasteiger partial charge in [0.1, 0.15) is 11.9 Å². The summed E-state index contributed by atoms with van der Waals surface area (Å²) in [5, 5.41) is 3.67. The molecule has 1 heterocycles. The summed E-state index contributed by atoms with van der Waals surface area (Å²) in [5.74, 6) is 1.06. The van der Waals surface area contributed by atoms with Gasteiger partial charge in [-0.1, -0.05) is 90.5 Å². The molecule has 0 aromatic heterocycles. The Hall–Kier alpha value is -2.87. The minimum Gasteiger partial charge on any atom is -0.364 e. The van der Waals surface area contributed by atoms with Crippen LogP contribution in [0, 0.1) is 6.92 Å². The van der Waals surface area contributed by atoms with Gasteiger partial charge in [-0.2, -0.15) is 0 Å². The number of nitrogens with zero attached hydrogens (tertiary/aromatic N) is 1. The molecule has 0 saturated carbocycles. The van der Waals surface area contributed by atoms with E-state index in [0.29, 0.717) is 0 Å². The van der Waals surface area contributed by atoms with Crippen LogP contribution in [0.5, 0.6) is 0 Å². The normalized spacial score (nSPS) is 19.3. The number of nitrogens with one attached hydrogen (secondary N) is 1. The number of rotatable bonds is 4. The first kappa shape index (κ1) is 15.6. The Morgan fingerprint density at radius 2 is 1.36 bits per heavy atom. The van der Waals surface area contributed by atoms with Crippen molar-refractivity contribution in [2.75, 3.05) is 0 Å². The van der Waals surface area contributed by atoms with Crippen molar-refractivity contribution >= 4 is 5.84 Å². The van der Waals surface area contributed by atoms with Crippen molar-refractivity contribution in [2.45, 2.75) is 25.4 Å². The van der Waals surface area contributed by atoms with Gasteiger partial charge in [-0.3, -0.25) is 4.99 Å². The van der Waals surface area contributed by atoms with Crippen LogP contribution in [0.3, 0.4) is 0 Å². The van der Waals surface area contributed by atoms with Crippen LogP contribution < -0.4 is 5.32 Å². The zero-order chi connectivity index (χ0) is 17.1. The molecule has 0 fully saturated rings. The van der Waals surface area contributed by atoms with E-state index < -0.39 is 0 Å². The zero-order valence-electron chi connectivity index (χ0n) is 14.4. The van der Waals surface area contributed by atoms with Crippen LogP contribution in [0.1, 0.15) is 34.3 Å². The molecule has 25 heavy (non-hydrogen) atoms. The topological polar surface area (TPSA) is 24.4 Å². The second-order valence-corrected chi connectivity index (χ2v) is 6.63. The summed E-state index contributed by atoms with van der Waals surface area (Å²) < 4.78 is 0. The number of benzene rings is 3. The molecule has 0 bridgehead atoms. The highest BCUT2D eigenvalue weighted by Gasteiger charge is 2.30. The lowest BCUT2D eigenvalue weighted by Gasteiger charge is -2.19. The summed E-state index contributed by atoms with van der Waals surface area (Å²) in [6.07, 6.45) is 0.840. The average Bonchev–Trinajstić information content (AvgIpc) is 3.09. The number of aliphatic imine (C=N–C) groups is 1. The Bertz CT molecular complexity index is 852. The van der Waals surface area contributed by atoms with Gasteiger partial charge in [0.05, 0.1) is 6.04 Å². The molecule has 1 aliphatic heterocycles. The zero-order valence-corrected chi connectivity index (χ0v) is 14.4. The van der Waals surface area contributed by atoms with E-state index in [0.717, 1.165) is 12.3 Å². The molecule has 1 aliphatic rings. The lowest BCUT2D eigenvalue weighted by Crippen LogP contribution is -2.25. The van der Waals surface area contributed by atoms with E-state index in [1.165, 1.54) is 22.3 Å². The minimum atomic E-state index is 0.115. The molecule has 3 aromatic rings. The van der Waals surface area contributed by atoms with Gasteiger partial charge in [-0.05, 0) is 23.6 Å². The highest BCUT2D eigenvalue weighted by Crippen LogP contribution is 2.36. The summed E-state index contributed by atoms with van der Waals surface area (Å²) >= 11 is 0. The second-order valence-electron chi connectivity index (χ2n) is 6.63. The van der Waals surface area contributed by atoms with Crippen LogP contribution in [0.4, 0.5) is 0 Å². The molecule has 124 valence electrons. The van der Waals surface area contributed by atoms with Crippen LogP contribution >= 0.6 is 0 Å². The maximum absolute atomic E-state index is 5.04. The maximum atomic E-state index is 5.04. The van der Waals surface area contributed by atoms with E-state index in [1.54, 1.807) is 0 Å². The van der Waals surface area contributed by atoms with E-state index in [4.69, 9.17) is 4.99 Å². The molecular weight excluding hydrogens is 304 g/mol. The predicted molar refractivity (Wildman–Crippen MR) is 104 cm³/mol. The molecule has 2 atom stereocenters. The van der Waals surface area contributed by atoms with Crippen molar-refractivity contribution < 1.29 is 0 Å². The minimum absolute atomic E-state index is 0.115. The quantitative estimate of drug-likeness (QED) is 0.715. The Kier molecular flexibility index (Phi) is 4.34. The van der Waals surface area contributed by atoms with Crippen LogP contribution in [-0.2, 0) is 6.42 Å². The monoisotopic (exact) mass is 326 g/mol. The Morgan fingerprint density at radius 1 is 0.760 bits per heavy atom. The molecule has 0 unspecified atom stereocenters. The smallest absolute Gasteiger partial charge is 0.102 e. The summed E-state index contributed by atoms with van der Waals surface area (Å²) in [6, 6.07) is 30.2. The van der Waals surface area contributed by atoms with Gasteiger partial charge in [0.15, 0.2) is 0 Å². The lowest BCUT2D eigenvalue weighted by atomic mass is 9.95. The highest BCUT2D eigenvalue weighted by atomic mass is 15.1. The Labute approximate surface area is 149 Å². The number of amidine groups is 1. The maximum Gasteiger partial charge on any atom is 0.102 e. The van der Waals surface area contributed by atoms with Crippen LogP contribution in [0.25, 0.3) is 0 Å². The van der Waals surface area contributed by atoms with Crippen molar-refractivity contribution in [3.8, 4) is 0 Å². The first-order valence-electron chi connectivity index (χ1n) is 8.78. The van der Waals surface area contributed by atoms with Crippen molar-refractivity contribution in [3.05, 3.63) is 107 Å². The van der Waals surface area contributed by atoms with Gasteiger partial charge in [0.2, 0.25) is 0 Å². The third-order valence-corrected chi connectivity index (χ3v) is 4.72. The molecule has 2 heteroatoms. The molecule has 2 nitrogen and oxygen atoms in total. The number of hydrogen-bond acceptors (Lipinski definition) is 2. The van der Waals surface area contributed by atoms with Crippen molar-refractivity contribution in [2.24, 2.45) is 4.99 Å². The van der Waals surface area contributed by atoms with Gasteiger partial charge < -0.3 is 5.32 Å². The second kappa shape index (κ2) is 6.94. The van der Waals surface area contributed by atoms with Crippen molar-refractivity contribution in [1.82, 2.24) is 5.32 Å². The fraction of sp³-hybridized carbons (Fsp3) is 0.174. The number of hydrogen-bond donors (Lipinski definition) is 1. The third-order valence-electron chi connectivity index (χ3n) is 4.72. The van der Waals surface area contributed by atoms with Crippen molar-refractivity contribution in [3.63, 3.8) is 0 Å². The largest absolute Gasteiger partial charge is 0.364 e. The molecular formula is C23H22N2. The van der Waals surface area contributed by atoms with Crippen molar-refractivity contribution in [1.29, 1.82) is 0 Å². The molecule has 0 radical (unpaired) electrons. The molecule has 0 spiro atoms. The van der Waals surface area contributed by atoms with E-state index in [2.05, 4.69) is 97.2 Å². The first-order valence-corrected chi connectivity index (χ1v) is 8.78. The first-order chi connectivity index (χ1) is 12.3. The molecule has 1 N–H and O–H groups in total. The summed E-state index contributed by atoms with van der Waals surface area (Å²) in [5.41, 5.74) is 5.11. The van der Waals surface area contributed by atoms with Gasteiger partial charge in [-0.15, -0.1) is 0 Å². The van der Waals surface area contributed by atoms with Crippen LogP contribution in [-0.4, -0.2) is 5.84 Å². The lowest BCUT2D eigenvalue weighted by molar-refractivity contribution is 0.572. The fourth-order valence-electron chi connectivity index (χ4n) is 3.38. The van der Waals surface area contributed by atoms with Gasteiger partial charge in [0, 0.05) is 6.42 Å². The highest BCUT2D eigenvalue weighted by molar-refractivity contribution is 5.87. The third kappa shape index (κ3) is 3.48. The fourth-order valence-corrected chi connectivity index (χ4v) is 3.38. The standard InChI is InChI=1S/C23H22N2/c1-17-12-14-18(15-13-17)16-21-24-22(19-8-4-2-5-9-19)23(25-21)20-10-6-3-7-11-20/h2-15,22-23H,16H2,1H3,(H,24,25)/t22-,23+. The molecule has 3 aromatic carbocycles. The predicted octanol–water partition coefficient (Wildman–Crippen LogP) is 5.02. The summed E-state index contributed by atoms with van der Waals surface area (Å²) in [6.45, 7) is 2.12. The number of aryl methyl sites for hydroxylation is 1. The Balaban J connectivity index is 1.64. The van der Waals surface area contributed by atoms with Crippen LogP contribution in [0.15, 0.2) is 89.9 Å². The van der Waals surface area contributed by atoms with Gasteiger partial charge in [-0.25, -0.2) is 0 Å².